The highest BCUT2D eigenvalue weighted by atomic mass is 14.1. The molecule has 0 aromatic rings. The van der Waals surface area contributed by atoms with Crippen molar-refractivity contribution >= 4 is 0 Å². The predicted octanol–water partition coefficient (Wildman–Crippen LogP) is 6.18. The third-order valence-electron chi connectivity index (χ3n) is 3.69. The molecular weight excluding hydrogens is 204 g/mol. The third kappa shape index (κ3) is 6.71. The van der Waals surface area contributed by atoms with Crippen molar-refractivity contribution in [1.29, 1.82) is 0 Å². The maximum absolute atomic E-state index is 2.47. The van der Waals surface area contributed by atoms with Crippen LogP contribution in [0.1, 0.15) is 84.5 Å². The van der Waals surface area contributed by atoms with Crippen LogP contribution in [0, 0.1) is 0 Å². The summed E-state index contributed by atoms with van der Waals surface area (Å²) in [5, 5.41) is 0. The number of allylic oxidation sites excluding steroid dienone is 4. The second kappa shape index (κ2) is 9.50. The SMILES string of the molecule is CCCCCCCCC1=CC(CCCC)=CC1. The smallest absolute Gasteiger partial charge is 0.0130 e. The van der Waals surface area contributed by atoms with Gasteiger partial charge in [0.2, 0.25) is 0 Å². The highest BCUT2D eigenvalue weighted by Gasteiger charge is 2.05. The molecule has 0 radical (unpaired) electrons. The van der Waals surface area contributed by atoms with Crippen LogP contribution in [0.5, 0.6) is 0 Å². The van der Waals surface area contributed by atoms with Gasteiger partial charge in [-0.2, -0.15) is 0 Å². The summed E-state index contributed by atoms with van der Waals surface area (Å²) in [5.41, 5.74) is 3.29. The zero-order valence-electron chi connectivity index (χ0n) is 11.9. The first-order chi connectivity index (χ1) is 8.36. The topological polar surface area (TPSA) is 0 Å². The normalized spacial score (nSPS) is 14.9. The minimum absolute atomic E-state index is 1.24. The number of hydrogen-bond donors (Lipinski definition) is 0. The molecule has 0 amide bonds. The molecule has 0 saturated heterocycles. The maximum atomic E-state index is 2.47. The average Bonchev–Trinajstić information content (AvgIpc) is 2.79. The molecule has 0 N–H and O–H groups in total. The lowest BCUT2D eigenvalue weighted by Crippen LogP contribution is -1.82. The Balaban J connectivity index is 2.02. The largest absolute Gasteiger partial charge is 0.0772 e. The number of hydrogen-bond acceptors (Lipinski definition) is 0. The number of rotatable bonds is 10. The molecule has 1 rings (SSSR count). The van der Waals surface area contributed by atoms with Crippen LogP contribution in [0.3, 0.4) is 0 Å². The van der Waals surface area contributed by atoms with E-state index in [9.17, 15) is 0 Å². The van der Waals surface area contributed by atoms with Gasteiger partial charge in [-0.15, -0.1) is 0 Å². The molecule has 0 spiro atoms. The lowest BCUT2D eigenvalue weighted by molar-refractivity contribution is 0.605. The van der Waals surface area contributed by atoms with E-state index in [2.05, 4.69) is 26.0 Å². The fourth-order valence-corrected chi connectivity index (χ4v) is 2.50. The Morgan fingerprint density at radius 1 is 0.824 bits per heavy atom. The van der Waals surface area contributed by atoms with E-state index in [0.29, 0.717) is 0 Å². The maximum Gasteiger partial charge on any atom is -0.0130 e. The van der Waals surface area contributed by atoms with Crippen molar-refractivity contribution in [2.45, 2.75) is 84.5 Å². The molecule has 0 aliphatic heterocycles. The van der Waals surface area contributed by atoms with E-state index in [-0.39, 0.29) is 0 Å². The monoisotopic (exact) mass is 234 g/mol. The summed E-state index contributed by atoms with van der Waals surface area (Å²) in [6.45, 7) is 4.56. The standard InChI is InChI=1S/C17H30/c1-3-5-7-8-9-10-12-17-14-13-16(15-17)11-6-4-2/h13,15H,3-12,14H2,1-2H3. The summed E-state index contributed by atoms with van der Waals surface area (Å²) in [7, 11) is 0. The van der Waals surface area contributed by atoms with Gasteiger partial charge in [-0.05, 0) is 32.1 Å². The third-order valence-corrected chi connectivity index (χ3v) is 3.69. The quantitative estimate of drug-likeness (QED) is 0.396. The first-order valence-corrected chi connectivity index (χ1v) is 7.75. The van der Waals surface area contributed by atoms with Crippen LogP contribution in [0.4, 0.5) is 0 Å². The van der Waals surface area contributed by atoms with Gasteiger partial charge < -0.3 is 0 Å². The van der Waals surface area contributed by atoms with E-state index in [1.807, 2.05) is 0 Å². The van der Waals surface area contributed by atoms with Gasteiger partial charge in [0, 0.05) is 0 Å². The Hall–Kier alpha value is -0.520. The second-order valence-electron chi connectivity index (χ2n) is 5.41. The van der Waals surface area contributed by atoms with E-state index >= 15 is 0 Å². The Bertz CT molecular complexity index is 245. The van der Waals surface area contributed by atoms with Gasteiger partial charge in [0.1, 0.15) is 0 Å². The van der Waals surface area contributed by atoms with Crippen molar-refractivity contribution in [3.05, 3.63) is 23.3 Å². The van der Waals surface area contributed by atoms with Crippen LogP contribution >= 0.6 is 0 Å². The molecule has 0 fully saturated rings. The lowest BCUT2D eigenvalue weighted by atomic mass is 10.0. The van der Waals surface area contributed by atoms with Crippen molar-refractivity contribution in [2.24, 2.45) is 0 Å². The first-order valence-electron chi connectivity index (χ1n) is 7.75. The fourth-order valence-electron chi connectivity index (χ4n) is 2.50. The van der Waals surface area contributed by atoms with Crippen LogP contribution < -0.4 is 0 Å². The molecule has 0 aromatic carbocycles. The fraction of sp³-hybridized carbons (Fsp3) is 0.765. The van der Waals surface area contributed by atoms with E-state index < -0.39 is 0 Å². The van der Waals surface area contributed by atoms with Crippen LogP contribution in [0.2, 0.25) is 0 Å². The molecule has 0 heteroatoms. The Morgan fingerprint density at radius 2 is 1.53 bits per heavy atom. The molecule has 0 bridgehead atoms. The Labute approximate surface area is 108 Å². The first kappa shape index (κ1) is 14.5. The minimum atomic E-state index is 1.24. The van der Waals surface area contributed by atoms with Crippen LogP contribution in [-0.2, 0) is 0 Å². The van der Waals surface area contributed by atoms with Gasteiger partial charge in [-0.3, -0.25) is 0 Å². The number of unbranched alkanes of at least 4 members (excludes halogenated alkanes) is 6. The highest BCUT2D eigenvalue weighted by Crippen LogP contribution is 2.25. The van der Waals surface area contributed by atoms with Crippen molar-refractivity contribution in [3.8, 4) is 0 Å². The molecule has 17 heavy (non-hydrogen) atoms. The van der Waals surface area contributed by atoms with Gasteiger partial charge in [-0.1, -0.05) is 75.7 Å². The summed E-state index contributed by atoms with van der Waals surface area (Å²) in [4.78, 5) is 0. The van der Waals surface area contributed by atoms with Crippen LogP contribution in [0.15, 0.2) is 23.3 Å². The Kier molecular flexibility index (Phi) is 8.13. The molecule has 1 aliphatic carbocycles. The molecule has 0 saturated carbocycles. The molecule has 1 aliphatic rings. The second-order valence-corrected chi connectivity index (χ2v) is 5.41. The molecule has 0 atom stereocenters. The summed E-state index contributed by atoms with van der Waals surface area (Å²) in [5.74, 6) is 0. The highest BCUT2D eigenvalue weighted by molar-refractivity contribution is 5.32. The van der Waals surface area contributed by atoms with E-state index in [0.717, 1.165) is 0 Å². The van der Waals surface area contributed by atoms with Gasteiger partial charge in [0.05, 0.1) is 0 Å². The summed E-state index contributed by atoms with van der Waals surface area (Å²) in [6, 6.07) is 0. The molecule has 0 aromatic heterocycles. The Morgan fingerprint density at radius 3 is 2.29 bits per heavy atom. The van der Waals surface area contributed by atoms with Crippen molar-refractivity contribution in [2.75, 3.05) is 0 Å². The molecule has 0 heterocycles. The average molecular weight is 234 g/mol. The van der Waals surface area contributed by atoms with Gasteiger partial charge in [0.15, 0.2) is 0 Å². The lowest BCUT2D eigenvalue weighted by Gasteiger charge is -2.02. The summed E-state index contributed by atoms with van der Waals surface area (Å²) in [6.07, 6.45) is 20.0. The summed E-state index contributed by atoms with van der Waals surface area (Å²) < 4.78 is 0. The van der Waals surface area contributed by atoms with E-state index in [1.165, 1.54) is 70.6 Å². The molecule has 98 valence electrons. The van der Waals surface area contributed by atoms with E-state index in [4.69, 9.17) is 0 Å². The molecule has 0 unspecified atom stereocenters. The van der Waals surface area contributed by atoms with Crippen molar-refractivity contribution < 1.29 is 0 Å². The minimum Gasteiger partial charge on any atom is -0.0772 e. The molecule has 0 nitrogen and oxygen atoms in total. The summed E-state index contributed by atoms with van der Waals surface area (Å²) >= 11 is 0. The van der Waals surface area contributed by atoms with Gasteiger partial charge >= 0.3 is 0 Å². The zero-order valence-corrected chi connectivity index (χ0v) is 11.9. The van der Waals surface area contributed by atoms with Crippen LogP contribution in [-0.4, -0.2) is 0 Å². The van der Waals surface area contributed by atoms with E-state index in [1.54, 1.807) is 11.1 Å². The molecular formula is C17H30. The van der Waals surface area contributed by atoms with Crippen molar-refractivity contribution in [1.82, 2.24) is 0 Å². The van der Waals surface area contributed by atoms with Crippen LogP contribution in [0.25, 0.3) is 0 Å². The van der Waals surface area contributed by atoms with Crippen molar-refractivity contribution in [3.63, 3.8) is 0 Å². The predicted molar refractivity (Wildman–Crippen MR) is 78.3 cm³/mol. The zero-order chi connectivity index (χ0) is 12.3. The van der Waals surface area contributed by atoms with Gasteiger partial charge in [-0.25, -0.2) is 0 Å². The van der Waals surface area contributed by atoms with Gasteiger partial charge in [0.25, 0.3) is 0 Å².